The average molecular weight is 606 g/mol. The molecule has 218 valence electrons. The minimum atomic E-state index is -1.15. The largest absolute Gasteiger partial charge is 0.495 e. The summed E-state index contributed by atoms with van der Waals surface area (Å²) in [6.45, 7) is 7.92. The molecular formula is C31H32Cl2F2N2O4. The van der Waals surface area contributed by atoms with Crippen molar-refractivity contribution in [2.24, 2.45) is 5.41 Å². The normalized spacial score (nSPS) is 22.4. The van der Waals surface area contributed by atoms with E-state index in [4.69, 9.17) is 27.9 Å². The third kappa shape index (κ3) is 6.05. The summed E-state index contributed by atoms with van der Waals surface area (Å²) in [5, 5.41) is 15.7. The van der Waals surface area contributed by atoms with Crippen LogP contribution in [-0.2, 0) is 10.2 Å². The summed E-state index contributed by atoms with van der Waals surface area (Å²) in [6.07, 6.45) is 0.519. The summed E-state index contributed by atoms with van der Waals surface area (Å²) < 4.78 is 36.8. The van der Waals surface area contributed by atoms with E-state index < -0.39 is 46.9 Å². The molecular weight excluding hydrogens is 573 g/mol. The van der Waals surface area contributed by atoms with Crippen molar-refractivity contribution in [2.45, 2.75) is 57.5 Å². The number of anilines is 1. The number of ether oxygens (including phenoxy) is 1. The fraction of sp³-hybridized carbons (Fsp3) is 0.355. The van der Waals surface area contributed by atoms with Gasteiger partial charge in [-0.3, -0.25) is 4.79 Å². The Morgan fingerprint density at radius 2 is 1.80 bits per heavy atom. The number of methoxy groups -OCH3 is 1. The van der Waals surface area contributed by atoms with E-state index in [1.165, 1.54) is 37.4 Å². The lowest BCUT2D eigenvalue weighted by molar-refractivity contribution is -0.118. The summed E-state index contributed by atoms with van der Waals surface area (Å²) in [4.78, 5) is 25.5. The Morgan fingerprint density at radius 1 is 1.10 bits per heavy atom. The van der Waals surface area contributed by atoms with E-state index in [9.17, 15) is 14.7 Å². The van der Waals surface area contributed by atoms with Gasteiger partial charge in [0, 0.05) is 22.4 Å². The highest BCUT2D eigenvalue weighted by Gasteiger charge is 2.57. The number of carboxylic acid groups (broad SMARTS) is 1. The van der Waals surface area contributed by atoms with E-state index in [1.54, 1.807) is 24.3 Å². The molecule has 0 aliphatic carbocycles. The summed E-state index contributed by atoms with van der Waals surface area (Å²) in [6, 6.07) is 11.5. The van der Waals surface area contributed by atoms with Gasteiger partial charge in [0.2, 0.25) is 5.91 Å². The fourth-order valence-electron chi connectivity index (χ4n) is 5.84. The Balaban J connectivity index is 1.90. The van der Waals surface area contributed by atoms with Gasteiger partial charge in [-0.15, -0.1) is 0 Å². The predicted molar refractivity (Wildman–Crippen MR) is 156 cm³/mol. The first-order valence-corrected chi connectivity index (χ1v) is 13.8. The van der Waals surface area contributed by atoms with E-state index in [0.29, 0.717) is 6.42 Å². The van der Waals surface area contributed by atoms with Crippen molar-refractivity contribution in [1.29, 1.82) is 0 Å². The number of amides is 1. The standard InChI is InChI=1S/C31H32Cl2F2N2O4/c1-30(2,3)15-24-31(4,19-11-10-17(32)14-21(19)34)25(18-7-6-8-20(33)26(18)35)27(37-24)28(38)36-22-12-9-16(29(39)40)13-23(22)41-5/h6-14,24-25,27,37H,15H2,1-5H3,(H,36,38)(H,39,40)/t24-,25-,27+,31-/m0/s1. The number of hydrogen-bond donors (Lipinski definition) is 3. The molecule has 3 aromatic carbocycles. The van der Waals surface area contributed by atoms with E-state index in [2.05, 4.69) is 10.6 Å². The lowest BCUT2D eigenvalue weighted by Crippen LogP contribution is -2.44. The summed E-state index contributed by atoms with van der Waals surface area (Å²) in [5.74, 6) is -3.72. The number of hydrogen-bond acceptors (Lipinski definition) is 4. The van der Waals surface area contributed by atoms with Crippen molar-refractivity contribution in [3.63, 3.8) is 0 Å². The molecule has 1 fully saturated rings. The zero-order chi connectivity index (χ0) is 30.3. The number of carbonyl (C=O) groups is 2. The van der Waals surface area contributed by atoms with Crippen LogP contribution in [0.15, 0.2) is 54.6 Å². The van der Waals surface area contributed by atoms with Crippen molar-refractivity contribution in [3.8, 4) is 5.75 Å². The van der Waals surface area contributed by atoms with Gasteiger partial charge in [-0.2, -0.15) is 0 Å². The molecule has 0 radical (unpaired) electrons. The molecule has 1 amide bonds. The molecule has 3 N–H and O–H groups in total. The van der Waals surface area contributed by atoms with Crippen molar-refractivity contribution in [3.05, 3.63) is 93.0 Å². The second kappa shape index (κ2) is 11.6. The minimum absolute atomic E-state index is 0.0197. The number of halogens is 4. The zero-order valence-electron chi connectivity index (χ0n) is 23.3. The molecule has 0 bridgehead atoms. The highest BCUT2D eigenvalue weighted by atomic mass is 35.5. The van der Waals surface area contributed by atoms with Crippen LogP contribution >= 0.6 is 23.2 Å². The zero-order valence-corrected chi connectivity index (χ0v) is 24.8. The molecule has 41 heavy (non-hydrogen) atoms. The quantitative estimate of drug-likeness (QED) is 0.261. The molecule has 1 aliphatic rings. The Kier molecular flexibility index (Phi) is 8.69. The Morgan fingerprint density at radius 3 is 2.41 bits per heavy atom. The van der Waals surface area contributed by atoms with Gasteiger partial charge in [0.25, 0.3) is 0 Å². The number of carbonyl (C=O) groups excluding carboxylic acids is 1. The van der Waals surface area contributed by atoms with Crippen LogP contribution in [0, 0.1) is 17.0 Å². The highest BCUT2D eigenvalue weighted by molar-refractivity contribution is 6.31. The van der Waals surface area contributed by atoms with E-state index in [0.717, 1.165) is 0 Å². The van der Waals surface area contributed by atoms with Gasteiger partial charge >= 0.3 is 5.97 Å². The molecule has 3 aromatic rings. The molecule has 6 nitrogen and oxygen atoms in total. The van der Waals surface area contributed by atoms with Crippen molar-refractivity contribution in [2.75, 3.05) is 12.4 Å². The maximum Gasteiger partial charge on any atom is 0.335 e. The second-order valence-corrected chi connectivity index (χ2v) is 12.5. The average Bonchev–Trinajstić information content (AvgIpc) is 3.16. The second-order valence-electron chi connectivity index (χ2n) is 11.7. The molecule has 1 saturated heterocycles. The van der Waals surface area contributed by atoms with Crippen molar-refractivity contribution >= 4 is 40.8 Å². The molecule has 0 aromatic heterocycles. The molecule has 0 unspecified atom stereocenters. The first-order valence-electron chi connectivity index (χ1n) is 13.0. The van der Waals surface area contributed by atoms with E-state index in [-0.39, 0.29) is 43.6 Å². The smallest absolute Gasteiger partial charge is 0.335 e. The Bertz CT molecular complexity index is 1490. The SMILES string of the molecule is COc1cc(C(=O)O)ccc1NC(=O)[C@@H]1N[C@@H](CC(C)(C)C)[C@](C)(c2ccc(Cl)cc2F)[C@H]1c1cccc(Cl)c1F. The lowest BCUT2D eigenvalue weighted by Gasteiger charge is -2.40. The molecule has 4 rings (SSSR count). The third-order valence-electron chi connectivity index (χ3n) is 7.72. The van der Waals surface area contributed by atoms with Crippen LogP contribution in [-0.4, -0.2) is 36.2 Å². The van der Waals surface area contributed by atoms with Crippen LogP contribution in [0.2, 0.25) is 10.0 Å². The van der Waals surface area contributed by atoms with Gasteiger partial charge in [0.05, 0.1) is 29.4 Å². The molecule has 1 heterocycles. The third-order valence-corrected chi connectivity index (χ3v) is 8.24. The topological polar surface area (TPSA) is 87.7 Å². The molecule has 0 spiro atoms. The van der Waals surface area contributed by atoms with Crippen LogP contribution in [0.5, 0.6) is 5.75 Å². The van der Waals surface area contributed by atoms with Gasteiger partial charge in [-0.1, -0.05) is 69.1 Å². The van der Waals surface area contributed by atoms with Gasteiger partial charge in [-0.05, 0) is 59.4 Å². The first kappa shape index (κ1) is 30.8. The number of aromatic carboxylic acids is 1. The monoisotopic (exact) mass is 604 g/mol. The maximum absolute atomic E-state index is 15.8. The molecule has 0 saturated carbocycles. The maximum atomic E-state index is 15.8. The van der Waals surface area contributed by atoms with Crippen LogP contribution in [0.25, 0.3) is 0 Å². The van der Waals surface area contributed by atoms with Crippen molar-refractivity contribution < 1.29 is 28.2 Å². The summed E-state index contributed by atoms with van der Waals surface area (Å²) in [5.41, 5.74) is -0.729. The molecule has 4 atom stereocenters. The van der Waals surface area contributed by atoms with Crippen LogP contribution in [0.1, 0.15) is 61.5 Å². The number of benzene rings is 3. The summed E-state index contributed by atoms with van der Waals surface area (Å²) >= 11 is 12.3. The first-order chi connectivity index (χ1) is 19.2. The minimum Gasteiger partial charge on any atom is -0.495 e. The van der Waals surface area contributed by atoms with Gasteiger partial charge in [-0.25, -0.2) is 13.6 Å². The van der Waals surface area contributed by atoms with Crippen LogP contribution in [0.3, 0.4) is 0 Å². The molecule has 10 heteroatoms. The highest BCUT2D eigenvalue weighted by Crippen LogP contribution is 2.53. The van der Waals surface area contributed by atoms with Crippen molar-refractivity contribution in [1.82, 2.24) is 5.32 Å². The Hall–Kier alpha value is -3.20. The van der Waals surface area contributed by atoms with Crippen LogP contribution in [0.4, 0.5) is 14.5 Å². The van der Waals surface area contributed by atoms with Gasteiger partial charge in [0.15, 0.2) is 0 Å². The van der Waals surface area contributed by atoms with Gasteiger partial charge < -0.3 is 20.5 Å². The summed E-state index contributed by atoms with van der Waals surface area (Å²) in [7, 11) is 1.36. The fourth-order valence-corrected chi connectivity index (χ4v) is 6.18. The number of nitrogens with one attached hydrogen (secondary N) is 2. The van der Waals surface area contributed by atoms with E-state index in [1.807, 2.05) is 27.7 Å². The lowest BCUT2D eigenvalue weighted by atomic mass is 9.63. The van der Waals surface area contributed by atoms with E-state index >= 15 is 8.78 Å². The number of carboxylic acids is 1. The Labute approximate surface area is 248 Å². The van der Waals surface area contributed by atoms with Gasteiger partial charge in [0.1, 0.15) is 17.4 Å². The molecule has 1 aliphatic heterocycles. The van der Waals surface area contributed by atoms with Crippen LogP contribution < -0.4 is 15.4 Å². The predicted octanol–water partition coefficient (Wildman–Crippen LogP) is 7.44. The number of rotatable bonds is 7.